The number of allylic oxidation sites excluding steroid dienone is 1. The van der Waals surface area contributed by atoms with Gasteiger partial charge >= 0.3 is 0 Å². The lowest BCUT2D eigenvalue weighted by molar-refractivity contribution is -0.0769. The molecule has 2 fully saturated rings. The van der Waals surface area contributed by atoms with Crippen LogP contribution in [0.15, 0.2) is 11.1 Å². The lowest BCUT2D eigenvalue weighted by Crippen LogP contribution is -2.38. The molecule has 32 heavy (non-hydrogen) atoms. The average molecular weight is 465 g/mol. The summed E-state index contributed by atoms with van der Waals surface area (Å²) in [5.41, 5.74) is 3.53. The van der Waals surface area contributed by atoms with Crippen molar-refractivity contribution in [3.63, 3.8) is 0 Å². The second kappa shape index (κ2) is 11.6. The van der Waals surface area contributed by atoms with Crippen LogP contribution in [0.1, 0.15) is 97.8 Å². The third kappa shape index (κ3) is 5.60. The van der Waals surface area contributed by atoms with Gasteiger partial charge in [0.25, 0.3) is 0 Å². The minimum absolute atomic E-state index is 0.331. The second-order valence-corrected chi connectivity index (χ2v) is 12.5. The van der Waals surface area contributed by atoms with E-state index in [-0.39, 0.29) is 0 Å². The predicted molar refractivity (Wildman–Crippen MR) is 135 cm³/mol. The number of hydrogen-bond acceptors (Lipinski definition) is 2. The molecule has 2 unspecified atom stereocenters. The third-order valence-electron chi connectivity index (χ3n) is 9.93. The molecule has 2 nitrogen and oxygen atoms in total. The number of halogens is 1. The van der Waals surface area contributed by atoms with Crippen molar-refractivity contribution in [2.75, 3.05) is 19.8 Å². The van der Waals surface area contributed by atoms with E-state index in [0.29, 0.717) is 18.8 Å². The number of methoxy groups -OCH3 is 1. The molecule has 4 aliphatic carbocycles. The summed E-state index contributed by atoms with van der Waals surface area (Å²) in [6.07, 6.45) is 16.9. The number of fused-ring (bicyclic) bond motifs is 5. The fourth-order valence-electron chi connectivity index (χ4n) is 8.32. The fraction of sp³-hybridized carbons (Fsp3) is 0.931. The van der Waals surface area contributed by atoms with Crippen LogP contribution in [-0.4, -0.2) is 25.9 Å². The molecule has 0 radical (unpaired) electrons. The van der Waals surface area contributed by atoms with E-state index in [1.165, 1.54) is 70.6 Å². The van der Waals surface area contributed by atoms with Crippen LogP contribution in [0.5, 0.6) is 0 Å². The summed E-state index contributed by atoms with van der Waals surface area (Å²) in [6, 6.07) is 0. The molecule has 2 saturated carbocycles. The lowest BCUT2D eigenvalue weighted by atomic mass is 9.60. The molecule has 0 aromatic rings. The Morgan fingerprint density at radius 3 is 2.50 bits per heavy atom. The van der Waals surface area contributed by atoms with Crippen LogP contribution < -0.4 is 0 Å². The molecule has 3 heteroatoms. The van der Waals surface area contributed by atoms with Gasteiger partial charge in [-0.05, 0) is 105 Å². The largest absolute Gasteiger partial charge is 0.359 e. The van der Waals surface area contributed by atoms with Crippen LogP contribution in [0.4, 0.5) is 0 Å². The van der Waals surface area contributed by atoms with Gasteiger partial charge < -0.3 is 9.47 Å². The highest BCUT2D eigenvalue weighted by molar-refractivity contribution is 6.18. The molecule has 0 aliphatic heterocycles. The van der Waals surface area contributed by atoms with Gasteiger partial charge in [0.15, 0.2) is 0 Å². The van der Waals surface area contributed by atoms with Gasteiger partial charge in [-0.2, -0.15) is 0 Å². The van der Waals surface area contributed by atoms with Gasteiger partial charge in [-0.25, -0.2) is 0 Å². The first kappa shape index (κ1) is 25.1. The Balaban J connectivity index is 1.45. The zero-order valence-electron chi connectivity index (χ0n) is 21.3. The molecule has 0 heterocycles. The van der Waals surface area contributed by atoms with E-state index in [9.17, 15) is 0 Å². The van der Waals surface area contributed by atoms with Gasteiger partial charge in [-0.3, -0.25) is 0 Å². The summed E-state index contributed by atoms with van der Waals surface area (Å²) < 4.78 is 11.2. The maximum absolute atomic E-state index is 6.59. The van der Waals surface area contributed by atoms with E-state index < -0.39 is 0 Å². The normalized spacial score (nSPS) is 38.2. The van der Waals surface area contributed by atoms with Crippen LogP contribution in [0.3, 0.4) is 0 Å². The molecular formula is C29H49ClO2. The molecule has 8 atom stereocenters. The van der Waals surface area contributed by atoms with E-state index in [0.717, 1.165) is 53.7 Å². The molecule has 0 N–H and O–H groups in total. The summed E-state index contributed by atoms with van der Waals surface area (Å²) in [5.74, 6) is 7.81. The highest BCUT2D eigenvalue weighted by Gasteiger charge is 2.47. The smallest absolute Gasteiger partial charge is 0.146 e. The monoisotopic (exact) mass is 464 g/mol. The molecule has 184 valence electrons. The highest BCUT2D eigenvalue weighted by Crippen LogP contribution is 2.57. The van der Waals surface area contributed by atoms with Crippen molar-refractivity contribution < 1.29 is 9.47 Å². The molecular weight excluding hydrogens is 416 g/mol. The van der Waals surface area contributed by atoms with E-state index in [2.05, 4.69) is 20.8 Å². The van der Waals surface area contributed by atoms with Gasteiger partial charge in [0.05, 0.1) is 6.10 Å². The lowest BCUT2D eigenvalue weighted by Gasteiger charge is -2.46. The first-order chi connectivity index (χ1) is 15.5. The van der Waals surface area contributed by atoms with Crippen molar-refractivity contribution in [3.8, 4) is 0 Å². The van der Waals surface area contributed by atoms with E-state index >= 15 is 0 Å². The standard InChI is InChI=1S/C29H49ClO2/c1-19(2)6-5-7-20(3)25-11-8-22-14-21(25)9-12-26-27-13-10-24(32-18-31-4)16-29(27)23(17-30)15-28(22)26/h19-26,28H,5-18H2,1-4H3/t20-,21-,22?,23?,24+,25-,26-,28+/m1/s1. The number of hydrogen-bond donors (Lipinski definition) is 0. The van der Waals surface area contributed by atoms with Gasteiger partial charge in [-0.15, -0.1) is 11.6 Å². The Labute approximate surface area is 203 Å². The van der Waals surface area contributed by atoms with Crippen LogP contribution in [-0.2, 0) is 9.47 Å². The van der Waals surface area contributed by atoms with Crippen LogP contribution in [0, 0.1) is 47.3 Å². The third-order valence-corrected chi connectivity index (χ3v) is 10.3. The Bertz CT molecular complexity index is 629. The number of alkyl halides is 1. The minimum atomic E-state index is 0.331. The maximum Gasteiger partial charge on any atom is 0.146 e. The van der Waals surface area contributed by atoms with E-state index in [4.69, 9.17) is 21.1 Å². The van der Waals surface area contributed by atoms with Crippen LogP contribution >= 0.6 is 11.6 Å². The Morgan fingerprint density at radius 2 is 1.75 bits per heavy atom. The van der Waals surface area contributed by atoms with Gasteiger partial charge in [0.2, 0.25) is 0 Å². The van der Waals surface area contributed by atoms with Gasteiger partial charge in [0, 0.05) is 13.0 Å². The Kier molecular flexibility index (Phi) is 9.07. The molecule has 2 bridgehead atoms. The number of ether oxygens (including phenoxy) is 2. The fourth-order valence-corrected chi connectivity index (χ4v) is 8.63. The average Bonchev–Trinajstić information content (AvgIpc) is 2.93. The molecule has 0 aromatic carbocycles. The SMILES string of the molecule is COCO[C@H]1CCC2=C(C1)C(CCl)C[C@H]1C3CC[C@H]([C@H](C)CCCC(C)C)[C@H](CC[C@H]21)C3. The van der Waals surface area contributed by atoms with Crippen molar-refractivity contribution in [1.29, 1.82) is 0 Å². The zero-order valence-corrected chi connectivity index (χ0v) is 22.0. The molecule has 0 spiro atoms. The summed E-state index contributed by atoms with van der Waals surface area (Å²) in [7, 11) is 1.72. The minimum Gasteiger partial charge on any atom is -0.359 e. The molecule has 0 saturated heterocycles. The van der Waals surface area contributed by atoms with Crippen molar-refractivity contribution in [3.05, 3.63) is 11.1 Å². The van der Waals surface area contributed by atoms with E-state index in [1.807, 2.05) is 5.57 Å². The zero-order chi connectivity index (χ0) is 22.7. The predicted octanol–water partition coefficient (Wildman–Crippen LogP) is 8.24. The van der Waals surface area contributed by atoms with Crippen molar-refractivity contribution in [2.45, 2.75) is 104 Å². The summed E-state index contributed by atoms with van der Waals surface area (Å²) >= 11 is 6.59. The second-order valence-electron chi connectivity index (χ2n) is 12.2. The summed E-state index contributed by atoms with van der Waals surface area (Å²) in [6.45, 7) is 7.74. The van der Waals surface area contributed by atoms with Crippen molar-refractivity contribution in [1.82, 2.24) is 0 Å². The maximum atomic E-state index is 6.59. The summed E-state index contributed by atoms with van der Waals surface area (Å²) in [5, 5.41) is 0. The van der Waals surface area contributed by atoms with Gasteiger partial charge in [0.1, 0.15) is 6.79 Å². The van der Waals surface area contributed by atoms with Gasteiger partial charge in [-0.1, -0.05) is 51.2 Å². The number of rotatable bonds is 9. The Hall–Kier alpha value is -0.0500. The van der Waals surface area contributed by atoms with Crippen molar-refractivity contribution in [2.24, 2.45) is 47.3 Å². The topological polar surface area (TPSA) is 18.5 Å². The van der Waals surface area contributed by atoms with Crippen molar-refractivity contribution >= 4 is 11.6 Å². The highest BCUT2D eigenvalue weighted by atomic mass is 35.5. The first-order valence-electron chi connectivity index (χ1n) is 13.9. The molecule has 4 rings (SSSR count). The molecule has 0 aromatic heterocycles. The molecule has 4 aliphatic rings. The first-order valence-corrected chi connectivity index (χ1v) is 14.4. The van der Waals surface area contributed by atoms with Crippen LogP contribution in [0.25, 0.3) is 0 Å². The Morgan fingerprint density at radius 1 is 0.938 bits per heavy atom. The summed E-state index contributed by atoms with van der Waals surface area (Å²) in [4.78, 5) is 0. The van der Waals surface area contributed by atoms with Crippen LogP contribution in [0.2, 0.25) is 0 Å². The van der Waals surface area contributed by atoms with E-state index in [1.54, 1.807) is 12.7 Å². The quantitative estimate of drug-likeness (QED) is 0.194. The molecule has 0 amide bonds.